The summed E-state index contributed by atoms with van der Waals surface area (Å²) in [5, 5.41) is 9.32. The summed E-state index contributed by atoms with van der Waals surface area (Å²) < 4.78 is 5.51. The molecule has 0 aliphatic carbocycles. The van der Waals surface area contributed by atoms with Crippen LogP contribution in [0, 0.1) is 11.3 Å². The molecular weight excluding hydrogens is 360 g/mol. The predicted octanol–water partition coefficient (Wildman–Crippen LogP) is 2.75. The summed E-state index contributed by atoms with van der Waals surface area (Å²) in [5.74, 6) is -0.620. The Morgan fingerprint density at radius 3 is 2.54 bits per heavy atom. The molecule has 2 fully saturated rings. The molecule has 0 aromatic heterocycles. The van der Waals surface area contributed by atoms with Crippen molar-refractivity contribution in [2.24, 2.45) is 11.3 Å². The number of ether oxygens (including phenoxy) is 1. The molecule has 3 rings (SSSR count). The van der Waals surface area contributed by atoms with Crippen molar-refractivity contribution in [2.75, 3.05) is 19.6 Å². The molecule has 0 bridgehead atoms. The summed E-state index contributed by atoms with van der Waals surface area (Å²) >= 11 is 0. The van der Waals surface area contributed by atoms with E-state index in [4.69, 9.17) is 4.74 Å². The average molecular weight is 388 g/mol. The normalized spacial score (nSPS) is 23.3. The third kappa shape index (κ3) is 3.98. The lowest BCUT2D eigenvalue weighted by Crippen LogP contribution is -2.53. The topological polar surface area (TPSA) is 87.2 Å². The largest absolute Gasteiger partial charge is 0.465 e. The standard InChI is InChI=1S/C21H28N2O5/c1-15(2)17(18(24)28-13-16-7-4-3-5-8-16)23-12-10-21(19(23)25)9-6-11-22(14-21)20(26)27/h3-5,7-8,15,17H,6,9-14H2,1-2H3,(H,26,27)/t17-,21-/m0/s1. The second kappa shape index (κ2) is 8.20. The minimum absolute atomic E-state index is 0.0958. The van der Waals surface area contributed by atoms with E-state index >= 15 is 0 Å². The van der Waals surface area contributed by atoms with Gasteiger partial charge in [-0.15, -0.1) is 0 Å². The molecule has 2 aliphatic rings. The number of likely N-dealkylation sites (tertiary alicyclic amines) is 2. The molecule has 1 spiro atoms. The van der Waals surface area contributed by atoms with Gasteiger partial charge in [0.05, 0.1) is 5.41 Å². The van der Waals surface area contributed by atoms with E-state index in [1.54, 1.807) is 4.90 Å². The van der Waals surface area contributed by atoms with Crippen LogP contribution in [0.15, 0.2) is 30.3 Å². The van der Waals surface area contributed by atoms with E-state index in [1.165, 1.54) is 4.90 Å². The van der Waals surface area contributed by atoms with Crippen LogP contribution in [0.5, 0.6) is 0 Å². The van der Waals surface area contributed by atoms with Crippen molar-refractivity contribution in [3.63, 3.8) is 0 Å². The van der Waals surface area contributed by atoms with E-state index in [0.29, 0.717) is 32.4 Å². The zero-order valence-electron chi connectivity index (χ0n) is 16.5. The summed E-state index contributed by atoms with van der Waals surface area (Å²) in [6, 6.07) is 8.78. The van der Waals surface area contributed by atoms with E-state index in [0.717, 1.165) is 5.56 Å². The fourth-order valence-corrected chi connectivity index (χ4v) is 4.36. The number of hydrogen-bond donors (Lipinski definition) is 1. The predicted molar refractivity (Wildman–Crippen MR) is 102 cm³/mol. The van der Waals surface area contributed by atoms with Gasteiger partial charge in [-0.2, -0.15) is 0 Å². The van der Waals surface area contributed by atoms with Gasteiger partial charge in [-0.3, -0.25) is 4.79 Å². The lowest BCUT2D eigenvalue weighted by molar-refractivity contribution is -0.159. The Morgan fingerprint density at radius 1 is 1.18 bits per heavy atom. The van der Waals surface area contributed by atoms with E-state index in [2.05, 4.69) is 0 Å². The average Bonchev–Trinajstić information content (AvgIpc) is 2.97. The highest BCUT2D eigenvalue weighted by Crippen LogP contribution is 2.41. The van der Waals surface area contributed by atoms with Crippen molar-refractivity contribution in [3.8, 4) is 0 Å². The van der Waals surface area contributed by atoms with Crippen LogP contribution in [0.3, 0.4) is 0 Å². The molecule has 0 saturated carbocycles. The first kappa shape index (κ1) is 20.2. The number of nitrogens with zero attached hydrogens (tertiary/aromatic N) is 2. The second-order valence-corrected chi connectivity index (χ2v) is 8.12. The minimum Gasteiger partial charge on any atom is -0.465 e. The van der Waals surface area contributed by atoms with E-state index in [-0.39, 0.29) is 25.0 Å². The highest BCUT2D eigenvalue weighted by atomic mass is 16.5. The number of piperidine rings is 1. The zero-order chi connectivity index (χ0) is 20.3. The van der Waals surface area contributed by atoms with Gasteiger partial charge < -0.3 is 19.6 Å². The number of carbonyl (C=O) groups excluding carboxylic acids is 2. The molecule has 28 heavy (non-hydrogen) atoms. The van der Waals surface area contributed by atoms with Gasteiger partial charge in [0.1, 0.15) is 12.6 Å². The van der Waals surface area contributed by atoms with Gasteiger partial charge in [0, 0.05) is 19.6 Å². The number of benzene rings is 1. The Labute approximate surface area is 165 Å². The highest BCUT2D eigenvalue weighted by molar-refractivity contribution is 5.90. The van der Waals surface area contributed by atoms with Crippen LogP contribution in [0.2, 0.25) is 0 Å². The first-order valence-electron chi connectivity index (χ1n) is 9.83. The monoisotopic (exact) mass is 388 g/mol. The molecule has 2 amide bonds. The molecule has 0 radical (unpaired) electrons. The summed E-state index contributed by atoms with van der Waals surface area (Å²) in [4.78, 5) is 40.4. The maximum absolute atomic E-state index is 13.3. The molecule has 1 aromatic carbocycles. The van der Waals surface area contributed by atoms with Crippen molar-refractivity contribution in [1.29, 1.82) is 0 Å². The fraction of sp³-hybridized carbons (Fsp3) is 0.571. The first-order valence-corrected chi connectivity index (χ1v) is 9.83. The number of carboxylic acid groups (broad SMARTS) is 1. The SMILES string of the molecule is CC(C)[C@@H](C(=O)OCc1ccccc1)N1CC[C@]2(CCCN(C(=O)O)C2)C1=O. The maximum atomic E-state index is 13.3. The van der Waals surface area contributed by atoms with Crippen LogP contribution in [-0.4, -0.2) is 58.6 Å². The van der Waals surface area contributed by atoms with Crippen molar-refractivity contribution in [3.05, 3.63) is 35.9 Å². The summed E-state index contributed by atoms with van der Waals surface area (Å²) in [7, 11) is 0. The zero-order valence-corrected chi connectivity index (χ0v) is 16.5. The number of esters is 1. The van der Waals surface area contributed by atoms with Crippen molar-refractivity contribution in [2.45, 2.75) is 45.8 Å². The van der Waals surface area contributed by atoms with Crippen molar-refractivity contribution >= 4 is 18.0 Å². The van der Waals surface area contributed by atoms with Crippen molar-refractivity contribution in [1.82, 2.24) is 9.80 Å². The van der Waals surface area contributed by atoms with Crippen LogP contribution >= 0.6 is 0 Å². The van der Waals surface area contributed by atoms with Crippen LogP contribution in [0.25, 0.3) is 0 Å². The molecule has 2 atom stereocenters. The third-order valence-electron chi connectivity index (χ3n) is 5.83. The Bertz CT molecular complexity index is 736. The molecular formula is C21H28N2O5. The van der Waals surface area contributed by atoms with E-state index in [1.807, 2.05) is 44.2 Å². The molecule has 7 nitrogen and oxygen atoms in total. The molecule has 2 heterocycles. The second-order valence-electron chi connectivity index (χ2n) is 8.12. The smallest absolute Gasteiger partial charge is 0.407 e. The Balaban J connectivity index is 1.71. The number of rotatable bonds is 5. The molecule has 2 saturated heterocycles. The Morgan fingerprint density at radius 2 is 1.89 bits per heavy atom. The lowest BCUT2D eigenvalue weighted by Gasteiger charge is -2.38. The maximum Gasteiger partial charge on any atom is 0.407 e. The summed E-state index contributed by atoms with van der Waals surface area (Å²) in [5.41, 5.74) is 0.190. The van der Waals surface area contributed by atoms with Crippen LogP contribution in [-0.2, 0) is 20.9 Å². The van der Waals surface area contributed by atoms with Crippen molar-refractivity contribution < 1.29 is 24.2 Å². The van der Waals surface area contributed by atoms with E-state index < -0.39 is 23.5 Å². The fourth-order valence-electron chi connectivity index (χ4n) is 4.36. The van der Waals surface area contributed by atoms with Crippen LogP contribution in [0.1, 0.15) is 38.7 Å². The molecule has 0 unspecified atom stereocenters. The quantitative estimate of drug-likeness (QED) is 0.784. The summed E-state index contributed by atoms with van der Waals surface area (Å²) in [6.07, 6.45) is 0.908. The van der Waals surface area contributed by atoms with Gasteiger partial charge in [-0.25, -0.2) is 9.59 Å². The molecule has 1 N–H and O–H groups in total. The van der Waals surface area contributed by atoms with Crippen LogP contribution < -0.4 is 0 Å². The molecule has 7 heteroatoms. The van der Waals surface area contributed by atoms with Gasteiger partial charge in [0.15, 0.2) is 0 Å². The third-order valence-corrected chi connectivity index (χ3v) is 5.83. The minimum atomic E-state index is -0.993. The molecule has 2 aliphatic heterocycles. The van der Waals surface area contributed by atoms with Gasteiger partial charge in [-0.1, -0.05) is 44.2 Å². The number of amides is 2. The number of hydrogen-bond acceptors (Lipinski definition) is 4. The molecule has 152 valence electrons. The number of carbonyl (C=O) groups is 3. The Hall–Kier alpha value is -2.57. The van der Waals surface area contributed by atoms with Gasteiger partial charge >= 0.3 is 12.1 Å². The summed E-state index contributed by atoms with van der Waals surface area (Å²) in [6.45, 7) is 5.09. The van der Waals surface area contributed by atoms with Crippen LogP contribution in [0.4, 0.5) is 4.79 Å². The van der Waals surface area contributed by atoms with Gasteiger partial charge in [0.2, 0.25) is 5.91 Å². The Kier molecular flexibility index (Phi) is 5.91. The molecule has 1 aromatic rings. The van der Waals surface area contributed by atoms with E-state index in [9.17, 15) is 19.5 Å². The lowest BCUT2D eigenvalue weighted by atomic mass is 9.78. The van der Waals surface area contributed by atoms with Gasteiger partial charge in [-0.05, 0) is 30.7 Å². The van der Waals surface area contributed by atoms with Gasteiger partial charge in [0.25, 0.3) is 0 Å². The highest BCUT2D eigenvalue weighted by Gasteiger charge is 2.52. The first-order chi connectivity index (χ1) is 13.3.